The second-order valence-electron chi connectivity index (χ2n) is 4.46. The summed E-state index contributed by atoms with van der Waals surface area (Å²) < 4.78 is 0. The SMILES string of the molecule is CCCC(CNc1ccc([N+](=O)[O-])c(C)c1)C(=O)O. The fraction of sp³-hybridized carbons (Fsp3) is 0.462. The number of aliphatic carboxylic acids is 1. The number of benzene rings is 1. The van der Waals surface area contributed by atoms with Gasteiger partial charge in [0.25, 0.3) is 5.69 Å². The maximum absolute atomic E-state index is 11.0. The molecule has 1 unspecified atom stereocenters. The van der Waals surface area contributed by atoms with Gasteiger partial charge in [-0.25, -0.2) is 0 Å². The lowest BCUT2D eigenvalue weighted by Gasteiger charge is -2.13. The third kappa shape index (κ3) is 4.24. The van der Waals surface area contributed by atoms with E-state index in [0.29, 0.717) is 24.2 Å². The minimum absolute atomic E-state index is 0.0638. The van der Waals surface area contributed by atoms with Crippen LogP contribution >= 0.6 is 0 Å². The summed E-state index contributed by atoms with van der Waals surface area (Å²) in [6.45, 7) is 3.91. The number of nitro benzene ring substituents is 1. The maximum Gasteiger partial charge on any atom is 0.308 e. The van der Waals surface area contributed by atoms with Crippen molar-refractivity contribution >= 4 is 17.3 Å². The van der Waals surface area contributed by atoms with Gasteiger partial charge in [0.05, 0.1) is 10.8 Å². The molecule has 0 fully saturated rings. The van der Waals surface area contributed by atoms with Gasteiger partial charge in [-0.2, -0.15) is 0 Å². The number of carboxylic acids is 1. The zero-order valence-electron chi connectivity index (χ0n) is 11.0. The largest absolute Gasteiger partial charge is 0.481 e. The van der Waals surface area contributed by atoms with E-state index in [1.54, 1.807) is 19.1 Å². The molecule has 0 aromatic heterocycles. The van der Waals surface area contributed by atoms with Crippen LogP contribution in [0.15, 0.2) is 18.2 Å². The van der Waals surface area contributed by atoms with Crippen LogP contribution in [-0.2, 0) is 4.79 Å². The third-order valence-electron chi connectivity index (χ3n) is 2.93. The van der Waals surface area contributed by atoms with Crippen molar-refractivity contribution in [2.24, 2.45) is 5.92 Å². The number of hydrogen-bond acceptors (Lipinski definition) is 4. The summed E-state index contributed by atoms with van der Waals surface area (Å²) in [4.78, 5) is 21.2. The van der Waals surface area contributed by atoms with E-state index < -0.39 is 16.8 Å². The van der Waals surface area contributed by atoms with Crippen LogP contribution in [0.1, 0.15) is 25.3 Å². The molecule has 0 saturated carbocycles. The van der Waals surface area contributed by atoms with Crippen molar-refractivity contribution in [3.63, 3.8) is 0 Å². The maximum atomic E-state index is 11.0. The minimum Gasteiger partial charge on any atom is -0.481 e. The van der Waals surface area contributed by atoms with Gasteiger partial charge < -0.3 is 10.4 Å². The van der Waals surface area contributed by atoms with Gasteiger partial charge >= 0.3 is 5.97 Å². The zero-order chi connectivity index (χ0) is 14.4. The molecule has 1 rings (SSSR count). The van der Waals surface area contributed by atoms with E-state index in [4.69, 9.17) is 5.11 Å². The van der Waals surface area contributed by atoms with Crippen LogP contribution in [-0.4, -0.2) is 22.5 Å². The fourth-order valence-corrected chi connectivity index (χ4v) is 1.87. The molecule has 19 heavy (non-hydrogen) atoms. The zero-order valence-corrected chi connectivity index (χ0v) is 11.0. The molecule has 2 N–H and O–H groups in total. The predicted molar refractivity (Wildman–Crippen MR) is 72.4 cm³/mol. The van der Waals surface area contributed by atoms with E-state index in [1.165, 1.54) is 6.07 Å². The molecule has 0 amide bonds. The molecule has 0 spiro atoms. The molecule has 0 heterocycles. The lowest BCUT2D eigenvalue weighted by atomic mass is 10.0. The summed E-state index contributed by atoms with van der Waals surface area (Å²) >= 11 is 0. The number of carbonyl (C=O) groups is 1. The first kappa shape index (κ1) is 14.9. The summed E-state index contributed by atoms with van der Waals surface area (Å²) in [7, 11) is 0. The number of anilines is 1. The van der Waals surface area contributed by atoms with Gasteiger partial charge in [0.1, 0.15) is 0 Å². The van der Waals surface area contributed by atoms with Gasteiger partial charge in [0, 0.05) is 23.9 Å². The molecule has 0 saturated heterocycles. The highest BCUT2D eigenvalue weighted by Gasteiger charge is 2.16. The Morgan fingerprint density at radius 2 is 2.21 bits per heavy atom. The number of hydrogen-bond donors (Lipinski definition) is 2. The average Bonchev–Trinajstić information content (AvgIpc) is 2.33. The highest BCUT2D eigenvalue weighted by molar-refractivity contribution is 5.70. The fourth-order valence-electron chi connectivity index (χ4n) is 1.87. The van der Waals surface area contributed by atoms with Crippen LogP contribution in [0.2, 0.25) is 0 Å². The van der Waals surface area contributed by atoms with E-state index in [0.717, 1.165) is 6.42 Å². The van der Waals surface area contributed by atoms with E-state index in [2.05, 4.69) is 5.32 Å². The van der Waals surface area contributed by atoms with Crippen LogP contribution < -0.4 is 5.32 Å². The molecule has 0 bridgehead atoms. The number of nitro groups is 1. The first-order chi connectivity index (χ1) is 8.95. The van der Waals surface area contributed by atoms with E-state index in [9.17, 15) is 14.9 Å². The number of nitrogens with zero attached hydrogens (tertiary/aromatic N) is 1. The summed E-state index contributed by atoms with van der Waals surface area (Å²) in [5, 5.41) is 22.7. The van der Waals surface area contributed by atoms with E-state index in [1.807, 2.05) is 6.92 Å². The molecule has 1 atom stereocenters. The smallest absolute Gasteiger partial charge is 0.308 e. The molecule has 0 aliphatic carbocycles. The number of rotatable bonds is 7. The minimum atomic E-state index is -0.826. The van der Waals surface area contributed by atoms with Gasteiger partial charge in [-0.15, -0.1) is 0 Å². The Balaban J connectivity index is 2.70. The van der Waals surface area contributed by atoms with Crippen molar-refractivity contribution in [3.05, 3.63) is 33.9 Å². The van der Waals surface area contributed by atoms with Crippen LogP contribution in [0.25, 0.3) is 0 Å². The second-order valence-corrected chi connectivity index (χ2v) is 4.46. The Morgan fingerprint density at radius 3 is 2.68 bits per heavy atom. The topological polar surface area (TPSA) is 92.5 Å². The standard InChI is InChI=1S/C13H18N2O4/c1-3-4-10(13(16)17)8-14-11-5-6-12(15(18)19)9(2)7-11/h5-7,10,14H,3-4,8H2,1-2H3,(H,16,17). The Bertz CT molecular complexity index is 474. The Hall–Kier alpha value is -2.11. The predicted octanol–water partition coefficient (Wildman–Crippen LogP) is 2.82. The monoisotopic (exact) mass is 266 g/mol. The molecule has 1 aromatic rings. The highest BCUT2D eigenvalue weighted by Crippen LogP contribution is 2.22. The van der Waals surface area contributed by atoms with E-state index in [-0.39, 0.29) is 5.69 Å². The van der Waals surface area contributed by atoms with Gasteiger partial charge in [-0.1, -0.05) is 13.3 Å². The number of carboxylic acid groups (broad SMARTS) is 1. The third-order valence-corrected chi connectivity index (χ3v) is 2.93. The van der Waals surface area contributed by atoms with Crippen LogP contribution in [0.4, 0.5) is 11.4 Å². The molecule has 6 heteroatoms. The van der Waals surface area contributed by atoms with Crippen molar-refractivity contribution in [1.29, 1.82) is 0 Å². The second kappa shape index (κ2) is 6.72. The normalized spacial score (nSPS) is 11.9. The van der Waals surface area contributed by atoms with Crippen molar-refractivity contribution < 1.29 is 14.8 Å². The summed E-state index contributed by atoms with van der Waals surface area (Å²) in [6, 6.07) is 4.67. The average molecular weight is 266 g/mol. The lowest BCUT2D eigenvalue weighted by molar-refractivity contribution is -0.385. The van der Waals surface area contributed by atoms with E-state index >= 15 is 0 Å². The van der Waals surface area contributed by atoms with Gasteiger partial charge in [-0.05, 0) is 25.5 Å². The molecule has 0 aliphatic rings. The van der Waals surface area contributed by atoms with Crippen LogP contribution in [0.3, 0.4) is 0 Å². The summed E-state index contributed by atoms with van der Waals surface area (Å²) in [5.41, 5.74) is 1.32. The van der Waals surface area contributed by atoms with Crippen molar-refractivity contribution in [1.82, 2.24) is 0 Å². The molecule has 0 radical (unpaired) electrons. The van der Waals surface area contributed by atoms with Crippen molar-refractivity contribution in [3.8, 4) is 0 Å². The number of aryl methyl sites for hydroxylation is 1. The van der Waals surface area contributed by atoms with Crippen molar-refractivity contribution in [2.75, 3.05) is 11.9 Å². The molecular weight excluding hydrogens is 248 g/mol. The first-order valence-corrected chi connectivity index (χ1v) is 6.17. The Morgan fingerprint density at radius 1 is 1.53 bits per heavy atom. The Labute approximate surface area is 111 Å². The van der Waals surface area contributed by atoms with Gasteiger partial charge in [0.2, 0.25) is 0 Å². The summed E-state index contributed by atoms with van der Waals surface area (Å²) in [6.07, 6.45) is 1.41. The molecular formula is C13H18N2O4. The van der Waals surface area contributed by atoms with Crippen LogP contribution in [0, 0.1) is 23.0 Å². The number of nitrogens with one attached hydrogen (secondary N) is 1. The van der Waals surface area contributed by atoms with Gasteiger partial charge in [0.15, 0.2) is 0 Å². The highest BCUT2D eigenvalue weighted by atomic mass is 16.6. The van der Waals surface area contributed by atoms with Crippen molar-refractivity contribution in [2.45, 2.75) is 26.7 Å². The Kier molecular flexibility index (Phi) is 5.29. The quantitative estimate of drug-likeness (QED) is 0.584. The molecule has 6 nitrogen and oxygen atoms in total. The van der Waals surface area contributed by atoms with Crippen LogP contribution in [0.5, 0.6) is 0 Å². The molecule has 104 valence electrons. The first-order valence-electron chi connectivity index (χ1n) is 6.17. The lowest BCUT2D eigenvalue weighted by Crippen LogP contribution is -2.22. The van der Waals surface area contributed by atoms with Gasteiger partial charge in [-0.3, -0.25) is 14.9 Å². The molecule has 1 aromatic carbocycles. The summed E-state index contributed by atoms with van der Waals surface area (Å²) in [5.74, 6) is -1.27. The molecule has 0 aliphatic heterocycles.